The lowest BCUT2D eigenvalue weighted by molar-refractivity contribution is -0.134. The van der Waals surface area contributed by atoms with E-state index in [-0.39, 0.29) is 0 Å². The molecule has 2 aliphatic rings. The monoisotopic (exact) mass is 446 g/mol. The van der Waals surface area contributed by atoms with Crippen molar-refractivity contribution in [1.29, 1.82) is 0 Å². The Kier molecular flexibility index (Phi) is 6.17. The third-order valence-electron chi connectivity index (χ3n) is 5.50. The first-order chi connectivity index (χ1) is 16.0. The number of aliphatic carboxylic acids is 1. The van der Waals surface area contributed by atoms with Crippen LogP contribution in [0.1, 0.15) is 24.7 Å². The second-order valence-corrected chi connectivity index (χ2v) is 7.70. The summed E-state index contributed by atoms with van der Waals surface area (Å²) in [7, 11) is 1.67. The van der Waals surface area contributed by atoms with Crippen LogP contribution in [0.4, 0.5) is 0 Å². The summed E-state index contributed by atoms with van der Waals surface area (Å²) in [5.41, 5.74) is 8.56. The number of fused-ring (bicyclic) bond motifs is 1. The molecule has 2 aromatic carbocycles. The Labute approximate surface area is 192 Å². The lowest BCUT2D eigenvalue weighted by atomic mass is 9.84. The number of rotatable bonds is 4. The molecule has 0 saturated carbocycles. The summed E-state index contributed by atoms with van der Waals surface area (Å²) in [4.78, 5) is 20.7. The molecule has 170 valence electrons. The second-order valence-electron chi connectivity index (χ2n) is 7.70. The van der Waals surface area contributed by atoms with Crippen LogP contribution >= 0.6 is 0 Å². The first kappa shape index (κ1) is 22.1. The molecule has 1 unspecified atom stereocenters. The molecule has 0 aliphatic carbocycles. The molecular formula is C25H26N4O4. The number of benzene rings is 2. The van der Waals surface area contributed by atoms with E-state index in [1.807, 2.05) is 41.3 Å². The minimum absolute atomic E-state index is 0.478. The highest BCUT2D eigenvalue weighted by atomic mass is 16.5. The van der Waals surface area contributed by atoms with Gasteiger partial charge >= 0.3 is 0 Å². The molecule has 5 rings (SSSR count). The van der Waals surface area contributed by atoms with E-state index in [1.54, 1.807) is 13.4 Å². The maximum absolute atomic E-state index is 9.00. The van der Waals surface area contributed by atoms with E-state index in [9.17, 15) is 0 Å². The van der Waals surface area contributed by atoms with Gasteiger partial charge < -0.3 is 20.0 Å². The molecule has 1 aromatic heterocycles. The summed E-state index contributed by atoms with van der Waals surface area (Å²) >= 11 is 0. The van der Waals surface area contributed by atoms with Crippen molar-refractivity contribution in [2.75, 3.05) is 20.2 Å². The van der Waals surface area contributed by atoms with E-state index in [1.165, 1.54) is 0 Å². The van der Waals surface area contributed by atoms with Gasteiger partial charge in [0.2, 0.25) is 5.54 Å². The average molecular weight is 447 g/mol. The van der Waals surface area contributed by atoms with Gasteiger partial charge in [-0.3, -0.25) is 14.7 Å². The Hall–Kier alpha value is -4.07. The van der Waals surface area contributed by atoms with Crippen molar-refractivity contribution in [3.8, 4) is 16.9 Å². The zero-order chi connectivity index (χ0) is 23.4. The summed E-state index contributed by atoms with van der Waals surface area (Å²) in [6.07, 6.45) is 2.62. The zero-order valence-corrected chi connectivity index (χ0v) is 18.6. The molecule has 3 heterocycles. The van der Waals surface area contributed by atoms with Crippen molar-refractivity contribution in [3.63, 3.8) is 0 Å². The molecule has 0 fully saturated rings. The molecule has 33 heavy (non-hydrogen) atoms. The average Bonchev–Trinajstić information content (AvgIpc) is 3.47. The highest BCUT2D eigenvalue weighted by molar-refractivity contribution is 6.12. The van der Waals surface area contributed by atoms with Crippen LogP contribution in [-0.4, -0.2) is 48.0 Å². The predicted molar refractivity (Wildman–Crippen MR) is 126 cm³/mol. The quantitative estimate of drug-likeness (QED) is 0.631. The van der Waals surface area contributed by atoms with Crippen molar-refractivity contribution >= 4 is 17.8 Å². The number of guanidine groups is 1. The summed E-state index contributed by atoms with van der Waals surface area (Å²) in [5, 5.41) is 7.42. The molecule has 0 amide bonds. The molecule has 3 aromatic rings. The van der Waals surface area contributed by atoms with Gasteiger partial charge in [-0.25, -0.2) is 4.99 Å². The van der Waals surface area contributed by atoms with Gasteiger partial charge in [0, 0.05) is 20.0 Å². The molecule has 2 aliphatic heterocycles. The van der Waals surface area contributed by atoms with Gasteiger partial charge in [0.1, 0.15) is 17.3 Å². The largest absolute Gasteiger partial charge is 0.497 e. The smallest absolute Gasteiger partial charge is 0.300 e. The van der Waals surface area contributed by atoms with Crippen LogP contribution in [0.3, 0.4) is 0 Å². The summed E-state index contributed by atoms with van der Waals surface area (Å²) in [5.74, 6) is 2.01. The van der Waals surface area contributed by atoms with Crippen molar-refractivity contribution in [2.45, 2.75) is 18.9 Å². The van der Waals surface area contributed by atoms with Crippen molar-refractivity contribution in [3.05, 3.63) is 78.3 Å². The molecule has 0 radical (unpaired) electrons. The number of nitrogens with two attached hydrogens (primary N) is 1. The fraction of sp³-hybridized carbons (Fsp3) is 0.240. The van der Waals surface area contributed by atoms with Crippen LogP contribution in [0.5, 0.6) is 5.75 Å². The molecule has 0 bridgehead atoms. The summed E-state index contributed by atoms with van der Waals surface area (Å²) in [6, 6.07) is 20.1. The van der Waals surface area contributed by atoms with Gasteiger partial charge in [0.05, 0.1) is 13.4 Å². The van der Waals surface area contributed by atoms with Crippen LogP contribution in [0, 0.1) is 0 Å². The van der Waals surface area contributed by atoms with Gasteiger partial charge in [-0.1, -0.05) is 30.3 Å². The highest BCUT2D eigenvalue weighted by Crippen LogP contribution is 2.42. The molecule has 0 saturated heterocycles. The van der Waals surface area contributed by atoms with Crippen LogP contribution < -0.4 is 10.5 Å². The molecule has 8 nitrogen and oxygen atoms in total. The van der Waals surface area contributed by atoms with Gasteiger partial charge in [0.15, 0.2) is 5.96 Å². The van der Waals surface area contributed by atoms with Gasteiger partial charge in [-0.05, 0) is 53.4 Å². The van der Waals surface area contributed by atoms with E-state index < -0.39 is 11.5 Å². The fourth-order valence-electron chi connectivity index (χ4n) is 4.13. The molecular weight excluding hydrogens is 420 g/mol. The highest BCUT2D eigenvalue weighted by Gasteiger charge is 2.51. The SMILES string of the molecule is CC(=O)O.COc1cccc(-c2cccc(C3(c4ccco4)N=C(N)N4CCCN=C43)c2)c1. The Morgan fingerprint density at radius 3 is 2.58 bits per heavy atom. The van der Waals surface area contributed by atoms with E-state index in [2.05, 4.69) is 24.3 Å². The lowest BCUT2D eigenvalue weighted by Gasteiger charge is -2.31. The standard InChI is InChI=1S/C23H22N4O2.C2H4O2/c1-28-19-9-3-7-17(15-19)16-6-2-8-18(14-16)23(20-10-4-13-29-20)21-25-11-5-12-27(21)22(24)26-23;1-2(3)4/h2-4,6-10,13-15H,5,11-12H2,1H3,(H2,24,26);1H3,(H,3,4). The predicted octanol–water partition coefficient (Wildman–Crippen LogP) is 3.72. The number of hydrogen-bond donors (Lipinski definition) is 2. The van der Waals surface area contributed by atoms with Gasteiger partial charge in [-0.15, -0.1) is 0 Å². The first-order valence-electron chi connectivity index (χ1n) is 10.6. The number of aliphatic imine (C=N–C) groups is 2. The zero-order valence-electron chi connectivity index (χ0n) is 18.6. The first-order valence-corrected chi connectivity index (χ1v) is 10.6. The summed E-state index contributed by atoms with van der Waals surface area (Å²) in [6.45, 7) is 2.65. The minimum Gasteiger partial charge on any atom is -0.497 e. The summed E-state index contributed by atoms with van der Waals surface area (Å²) < 4.78 is 11.3. The lowest BCUT2D eigenvalue weighted by Crippen LogP contribution is -2.46. The molecule has 3 N–H and O–H groups in total. The Bertz CT molecular complexity index is 1200. The minimum atomic E-state index is -0.872. The van der Waals surface area contributed by atoms with E-state index in [4.69, 9.17) is 34.8 Å². The van der Waals surface area contributed by atoms with Crippen LogP contribution in [-0.2, 0) is 10.3 Å². The third-order valence-corrected chi connectivity index (χ3v) is 5.50. The second kappa shape index (κ2) is 9.20. The van der Waals surface area contributed by atoms with Crippen LogP contribution in [0.15, 0.2) is 81.3 Å². The Balaban J connectivity index is 0.000000601. The number of carbonyl (C=O) groups is 1. The number of nitrogens with zero attached hydrogens (tertiary/aromatic N) is 3. The van der Waals surface area contributed by atoms with Crippen LogP contribution in [0.2, 0.25) is 0 Å². The van der Waals surface area contributed by atoms with E-state index >= 15 is 0 Å². The Morgan fingerprint density at radius 1 is 1.15 bits per heavy atom. The van der Waals surface area contributed by atoms with Crippen LogP contribution in [0.25, 0.3) is 11.1 Å². The van der Waals surface area contributed by atoms with Crippen molar-refractivity contribution in [1.82, 2.24) is 4.90 Å². The molecule has 0 spiro atoms. The number of ether oxygens (including phenoxy) is 1. The van der Waals surface area contributed by atoms with E-state index in [0.29, 0.717) is 11.7 Å². The maximum Gasteiger partial charge on any atom is 0.300 e. The molecule has 1 atom stereocenters. The number of carboxylic acids is 1. The fourth-order valence-corrected chi connectivity index (χ4v) is 4.13. The van der Waals surface area contributed by atoms with Gasteiger partial charge in [0.25, 0.3) is 5.97 Å². The molecule has 8 heteroatoms. The Morgan fingerprint density at radius 2 is 1.88 bits per heavy atom. The topological polar surface area (TPSA) is 114 Å². The van der Waals surface area contributed by atoms with E-state index in [0.717, 1.165) is 54.7 Å². The normalized spacial score (nSPS) is 19.0. The number of amidine groups is 1. The maximum atomic E-state index is 9.00. The number of methoxy groups -OCH3 is 1. The number of carboxylic acid groups (broad SMARTS) is 1. The van der Waals surface area contributed by atoms with Crippen molar-refractivity contribution in [2.24, 2.45) is 15.7 Å². The van der Waals surface area contributed by atoms with Gasteiger partial charge in [-0.2, -0.15) is 0 Å². The van der Waals surface area contributed by atoms with Crippen molar-refractivity contribution < 1.29 is 19.1 Å². The number of hydrogen-bond acceptors (Lipinski definition) is 7. The number of furan rings is 1. The third kappa shape index (κ3) is 4.19.